The monoisotopic (exact) mass is 221 g/mol. The van der Waals surface area contributed by atoms with Gasteiger partial charge in [-0.3, -0.25) is 0 Å². The fraction of sp³-hybridized carbons (Fsp3) is 1.00. The quantitative estimate of drug-likeness (QED) is 0.635. The second-order valence-electron chi connectivity index (χ2n) is 3.83. The molecule has 0 rings (SSSR count). The predicted molar refractivity (Wildman–Crippen MR) is 61.1 cm³/mol. The minimum Gasteiger partial charge on any atom is -0.329 e. The predicted octanol–water partition coefficient (Wildman–Crippen LogP) is 1.72. The highest BCUT2D eigenvalue weighted by atomic mass is 32.2. The average molecular weight is 221 g/mol. The van der Waals surface area contributed by atoms with Crippen molar-refractivity contribution in [1.82, 2.24) is 0 Å². The summed E-state index contributed by atoms with van der Waals surface area (Å²) in [6.45, 7) is 4.06. The van der Waals surface area contributed by atoms with Crippen LogP contribution < -0.4 is 5.73 Å². The molecule has 1 atom stereocenters. The van der Waals surface area contributed by atoms with Gasteiger partial charge in [0, 0.05) is 6.54 Å². The lowest BCUT2D eigenvalue weighted by atomic mass is 10.2. The number of nitrogens with two attached hydrogens (primary N) is 1. The van der Waals surface area contributed by atoms with E-state index in [0.717, 1.165) is 19.3 Å². The van der Waals surface area contributed by atoms with Crippen LogP contribution in [0, 0.1) is 0 Å². The van der Waals surface area contributed by atoms with E-state index in [1.165, 1.54) is 12.8 Å². The number of hydrogen-bond acceptors (Lipinski definition) is 3. The van der Waals surface area contributed by atoms with Crippen molar-refractivity contribution in [2.75, 3.05) is 12.3 Å². The van der Waals surface area contributed by atoms with Gasteiger partial charge >= 0.3 is 0 Å². The molecule has 0 aromatic heterocycles. The van der Waals surface area contributed by atoms with Crippen LogP contribution in [0.3, 0.4) is 0 Å². The van der Waals surface area contributed by atoms with Crippen LogP contribution in [0.5, 0.6) is 0 Å². The zero-order valence-electron chi connectivity index (χ0n) is 9.33. The Morgan fingerprint density at radius 3 is 2.21 bits per heavy atom. The summed E-state index contributed by atoms with van der Waals surface area (Å²) in [4.78, 5) is 0. The minimum absolute atomic E-state index is 0.233. The molecule has 0 spiro atoms. The minimum atomic E-state index is -2.92. The van der Waals surface area contributed by atoms with Gasteiger partial charge in [-0.25, -0.2) is 8.42 Å². The van der Waals surface area contributed by atoms with Gasteiger partial charge in [-0.1, -0.05) is 32.6 Å². The molecule has 0 aliphatic heterocycles. The van der Waals surface area contributed by atoms with Crippen LogP contribution in [0.1, 0.15) is 46.0 Å². The summed E-state index contributed by atoms with van der Waals surface area (Å²) < 4.78 is 23.0. The van der Waals surface area contributed by atoms with Crippen molar-refractivity contribution in [1.29, 1.82) is 0 Å². The number of sulfone groups is 1. The zero-order chi connectivity index (χ0) is 11.0. The molecule has 2 N–H and O–H groups in total. The van der Waals surface area contributed by atoms with Gasteiger partial charge in [0.25, 0.3) is 0 Å². The van der Waals surface area contributed by atoms with E-state index in [2.05, 4.69) is 6.92 Å². The smallest absolute Gasteiger partial charge is 0.154 e. The molecule has 4 heteroatoms. The van der Waals surface area contributed by atoms with E-state index in [0.29, 0.717) is 5.75 Å². The first kappa shape index (κ1) is 13.9. The highest BCUT2D eigenvalue weighted by Crippen LogP contribution is 2.07. The molecular formula is C10H23NO2S. The van der Waals surface area contributed by atoms with Gasteiger partial charge in [-0.05, 0) is 13.3 Å². The van der Waals surface area contributed by atoms with Crippen molar-refractivity contribution >= 4 is 9.84 Å². The Morgan fingerprint density at radius 1 is 1.14 bits per heavy atom. The molecule has 0 bridgehead atoms. The molecule has 3 nitrogen and oxygen atoms in total. The molecule has 0 aromatic rings. The van der Waals surface area contributed by atoms with E-state index < -0.39 is 9.84 Å². The Morgan fingerprint density at radius 2 is 1.71 bits per heavy atom. The van der Waals surface area contributed by atoms with Crippen molar-refractivity contribution in [3.8, 4) is 0 Å². The molecule has 0 aliphatic carbocycles. The van der Waals surface area contributed by atoms with Gasteiger partial charge in [-0.2, -0.15) is 0 Å². The highest BCUT2D eigenvalue weighted by Gasteiger charge is 2.17. The Kier molecular flexibility index (Phi) is 7.19. The van der Waals surface area contributed by atoms with Gasteiger partial charge in [-0.15, -0.1) is 0 Å². The van der Waals surface area contributed by atoms with Crippen molar-refractivity contribution in [2.24, 2.45) is 5.73 Å². The average Bonchev–Trinajstić information content (AvgIpc) is 2.16. The largest absolute Gasteiger partial charge is 0.329 e. The van der Waals surface area contributed by atoms with Crippen LogP contribution >= 0.6 is 0 Å². The second kappa shape index (κ2) is 7.23. The molecule has 0 aliphatic rings. The fourth-order valence-electron chi connectivity index (χ4n) is 1.25. The lowest BCUT2D eigenvalue weighted by molar-refractivity contribution is 0.575. The number of rotatable bonds is 8. The molecule has 0 aromatic carbocycles. The lowest BCUT2D eigenvalue weighted by Crippen LogP contribution is -2.28. The third-order valence-corrected chi connectivity index (χ3v) is 4.75. The van der Waals surface area contributed by atoms with Crippen LogP contribution in [0.2, 0.25) is 0 Å². The van der Waals surface area contributed by atoms with Gasteiger partial charge < -0.3 is 5.73 Å². The van der Waals surface area contributed by atoms with Crippen molar-refractivity contribution in [3.63, 3.8) is 0 Å². The molecule has 1 unspecified atom stereocenters. The Balaban J connectivity index is 3.67. The topological polar surface area (TPSA) is 60.2 Å². The molecule has 0 radical (unpaired) electrons. The van der Waals surface area contributed by atoms with Crippen molar-refractivity contribution in [3.05, 3.63) is 0 Å². The molecule has 0 saturated carbocycles. The van der Waals surface area contributed by atoms with Gasteiger partial charge in [0.15, 0.2) is 9.84 Å². The third kappa shape index (κ3) is 5.60. The summed E-state index contributed by atoms with van der Waals surface area (Å²) in [6, 6.07) is 0. The summed E-state index contributed by atoms with van der Waals surface area (Å²) in [5.41, 5.74) is 5.33. The first-order valence-corrected chi connectivity index (χ1v) is 7.17. The van der Waals surface area contributed by atoms with E-state index in [1.807, 2.05) is 0 Å². The molecular weight excluding hydrogens is 198 g/mol. The first-order valence-electron chi connectivity index (χ1n) is 5.46. The maximum absolute atomic E-state index is 11.5. The highest BCUT2D eigenvalue weighted by molar-refractivity contribution is 7.92. The summed E-state index contributed by atoms with van der Waals surface area (Å²) in [5, 5.41) is -0.381. The first-order chi connectivity index (χ1) is 6.54. The number of hydrogen-bond donors (Lipinski definition) is 1. The van der Waals surface area contributed by atoms with Gasteiger partial charge in [0.1, 0.15) is 0 Å². The summed E-state index contributed by atoms with van der Waals surface area (Å²) in [7, 11) is -2.92. The molecule has 0 fully saturated rings. The molecule has 14 heavy (non-hydrogen) atoms. The van der Waals surface area contributed by atoms with Crippen molar-refractivity contribution in [2.45, 2.75) is 51.2 Å². The Bertz CT molecular complexity index is 224. The second-order valence-corrected chi connectivity index (χ2v) is 6.37. The van der Waals surface area contributed by atoms with Crippen LogP contribution in [-0.2, 0) is 9.84 Å². The Labute approximate surface area is 88.0 Å². The summed E-state index contributed by atoms with van der Waals surface area (Å²) in [6.07, 6.45) is 5.33. The van der Waals surface area contributed by atoms with Crippen LogP contribution in [0.25, 0.3) is 0 Å². The fourth-order valence-corrected chi connectivity index (χ4v) is 2.56. The van der Waals surface area contributed by atoms with E-state index in [9.17, 15) is 8.42 Å². The third-order valence-electron chi connectivity index (χ3n) is 2.48. The summed E-state index contributed by atoms with van der Waals surface area (Å²) >= 11 is 0. The van der Waals surface area contributed by atoms with E-state index in [1.54, 1.807) is 6.92 Å². The maximum atomic E-state index is 11.5. The van der Waals surface area contributed by atoms with Crippen LogP contribution in [0.15, 0.2) is 0 Å². The van der Waals surface area contributed by atoms with Crippen LogP contribution in [-0.4, -0.2) is 26.0 Å². The zero-order valence-corrected chi connectivity index (χ0v) is 10.1. The molecule has 0 amide bonds. The van der Waals surface area contributed by atoms with E-state index in [4.69, 9.17) is 5.73 Å². The molecule has 86 valence electrons. The van der Waals surface area contributed by atoms with E-state index in [-0.39, 0.29) is 11.8 Å². The van der Waals surface area contributed by atoms with Crippen molar-refractivity contribution < 1.29 is 8.42 Å². The van der Waals surface area contributed by atoms with Crippen LogP contribution in [0.4, 0.5) is 0 Å². The SMILES string of the molecule is CCCCCCCS(=O)(=O)C(C)CN. The maximum Gasteiger partial charge on any atom is 0.154 e. The van der Waals surface area contributed by atoms with Gasteiger partial charge in [0.2, 0.25) is 0 Å². The standard InChI is InChI=1S/C10H23NO2S/c1-3-4-5-6-7-8-14(12,13)10(2)9-11/h10H,3-9,11H2,1-2H3. The van der Waals surface area contributed by atoms with E-state index >= 15 is 0 Å². The van der Waals surface area contributed by atoms with Gasteiger partial charge in [0.05, 0.1) is 11.0 Å². The summed E-state index contributed by atoms with van der Waals surface area (Å²) in [5.74, 6) is 0.301. The normalized spacial score (nSPS) is 14.2. The molecule has 0 heterocycles. The molecule has 0 saturated heterocycles. The lowest BCUT2D eigenvalue weighted by Gasteiger charge is -2.09. The number of unbranched alkanes of at least 4 members (excludes halogenated alkanes) is 4. The Hall–Kier alpha value is -0.0900.